The molecule has 88 valence electrons. The highest BCUT2D eigenvalue weighted by atomic mass is 35.5. The largest absolute Gasteiger partial charge is 0.348 e. The lowest BCUT2D eigenvalue weighted by atomic mass is 10.1. The molecule has 1 aromatic rings. The van der Waals surface area contributed by atoms with Crippen LogP contribution in [0.1, 0.15) is 25.1 Å². The molecule has 1 amide bonds. The van der Waals surface area contributed by atoms with E-state index in [1.807, 2.05) is 0 Å². The first-order chi connectivity index (χ1) is 7.35. The number of carbonyl (C=O) groups is 1. The minimum atomic E-state index is -0.954. The Morgan fingerprint density at radius 3 is 2.69 bits per heavy atom. The van der Waals surface area contributed by atoms with Crippen molar-refractivity contribution in [2.75, 3.05) is 0 Å². The van der Waals surface area contributed by atoms with E-state index in [9.17, 15) is 4.79 Å². The molecular weight excluding hydrogens is 253 g/mol. The van der Waals surface area contributed by atoms with E-state index in [1.165, 1.54) is 0 Å². The van der Waals surface area contributed by atoms with Gasteiger partial charge in [0.05, 0.1) is 12.0 Å². The number of nitrogens with zero attached hydrogens (tertiary/aromatic N) is 2. The third-order valence-electron chi connectivity index (χ3n) is 2.74. The normalized spacial score (nSPS) is 26.5. The molecule has 1 N–H and O–H groups in total. The third-order valence-corrected chi connectivity index (χ3v) is 3.84. The number of carbonyl (C=O) groups excluding carboxylic acids is 1. The first-order valence-electron chi connectivity index (χ1n) is 4.80. The quantitative estimate of drug-likeness (QED) is 0.841. The number of nitrogens with one attached hydrogen (secondary N) is 1. The molecule has 16 heavy (non-hydrogen) atoms. The second kappa shape index (κ2) is 3.60. The van der Waals surface area contributed by atoms with Gasteiger partial charge in [-0.05, 0) is 13.3 Å². The Labute approximate surface area is 102 Å². The van der Waals surface area contributed by atoms with E-state index >= 15 is 0 Å². The van der Waals surface area contributed by atoms with Gasteiger partial charge in [0, 0.05) is 6.92 Å². The van der Waals surface area contributed by atoms with Crippen molar-refractivity contribution in [1.29, 1.82) is 0 Å². The zero-order valence-corrected chi connectivity index (χ0v) is 10.4. The maximum Gasteiger partial charge on any atom is 0.229 e. The second-order valence-electron chi connectivity index (χ2n) is 4.13. The predicted molar refractivity (Wildman–Crippen MR) is 58.0 cm³/mol. The third kappa shape index (κ3) is 1.89. The van der Waals surface area contributed by atoms with Crippen LogP contribution in [0.25, 0.3) is 0 Å². The maximum absolute atomic E-state index is 11.8. The van der Waals surface area contributed by atoms with Gasteiger partial charge in [-0.1, -0.05) is 5.16 Å². The van der Waals surface area contributed by atoms with Crippen molar-refractivity contribution in [1.82, 2.24) is 15.5 Å². The van der Waals surface area contributed by atoms with Gasteiger partial charge in [-0.25, -0.2) is 0 Å². The average molecular weight is 264 g/mol. The average Bonchev–Trinajstić information content (AvgIpc) is 2.57. The van der Waals surface area contributed by atoms with Crippen LogP contribution in [0.4, 0.5) is 0 Å². The summed E-state index contributed by atoms with van der Waals surface area (Å²) in [6.07, 6.45) is 0.459. The Bertz CT molecular complexity index is 432. The zero-order valence-electron chi connectivity index (χ0n) is 8.88. The number of aryl methyl sites for hydroxylation is 1. The van der Waals surface area contributed by atoms with E-state index in [4.69, 9.17) is 27.7 Å². The van der Waals surface area contributed by atoms with Crippen LogP contribution in [0.15, 0.2) is 4.52 Å². The van der Waals surface area contributed by atoms with Crippen molar-refractivity contribution in [3.63, 3.8) is 0 Å². The predicted octanol–water partition coefficient (Wildman–Crippen LogP) is 1.58. The summed E-state index contributed by atoms with van der Waals surface area (Å²) >= 11 is 11.8. The van der Waals surface area contributed by atoms with Gasteiger partial charge in [0.25, 0.3) is 0 Å². The molecule has 0 saturated heterocycles. The van der Waals surface area contributed by atoms with Crippen molar-refractivity contribution in [3.8, 4) is 0 Å². The SMILES string of the molecule is Cc1nc(CNC(=O)C2(C)CC2(Cl)Cl)no1. The number of alkyl halides is 2. The Morgan fingerprint density at radius 1 is 1.62 bits per heavy atom. The number of hydrogen-bond donors (Lipinski definition) is 1. The number of hydrogen-bond acceptors (Lipinski definition) is 4. The highest BCUT2D eigenvalue weighted by Crippen LogP contribution is 2.63. The molecule has 1 heterocycles. The Balaban J connectivity index is 1.90. The van der Waals surface area contributed by atoms with Gasteiger partial charge in [-0.2, -0.15) is 4.98 Å². The van der Waals surface area contributed by atoms with Gasteiger partial charge in [0.15, 0.2) is 5.82 Å². The van der Waals surface area contributed by atoms with E-state index < -0.39 is 9.75 Å². The van der Waals surface area contributed by atoms with Crippen molar-refractivity contribution >= 4 is 29.1 Å². The molecular formula is C9H11Cl2N3O2. The van der Waals surface area contributed by atoms with Crippen LogP contribution in [0.5, 0.6) is 0 Å². The molecule has 1 atom stereocenters. The fraction of sp³-hybridized carbons (Fsp3) is 0.667. The first-order valence-corrected chi connectivity index (χ1v) is 5.56. The maximum atomic E-state index is 11.8. The van der Waals surface area contributed by atoms with Gasteiger partial charge in [0.2, 0.25) is 11.8 Å². The van der Waals surface area contributed by atoms with Crippen LogP contribution in [0.2, 0.25) is 0 Å². The van der Waals surface area contributed by atoms with Gasteiger partial charge in [0.1, 0.15) is 4.33 Å². The molecule has 1 aliphatic rings. The van der Waals surface area contributed by atoms with Crippen LogP contribution in [-0.2, 0) is 11.3 Å². The van der Waals surface area contributed by atoms with Crippen molar-refractivity contribution in [2.24, 2.45) is 5.41 Å². The summed E-state index contributed by atoms with van der Waals surface area (Å²) in [7, 11) is 0. The highest BCUT2D eigenvalue weighted by Gasteiger charge is 2.67. The molecule has 0 aliphatic heterocycles. The number of amides is 1. The molecule has 2 rings (SSSR count). The first kappa shape index (κ1) is 11.7. The molecule has 0 aromatic carbocycles. The van der Waals surface area contributed by atoms with E-state index in [-0.39, 0.29) is 12.5 Å². The van der Waals surface area contributed by atoms with Gasteiger partial charge in [-0.3, -0.25) is 4.79 Å². The van der Waals surface area contributed by atoms with Crippen LogP contribution in [0.3, 0.4) is 0 Å². The fourth-order valence-corrected chi connectivity index (χ4v) is 2.12. The number of halogens is 2. The van der Waals surface area contributed by atoms with Crippen molar-refractivity contribution in [2.45, 2.75) is 31.1 Å². The number of aromatic nitrogens is 2. The lowest BCUT2D eigenvalue weighted by Crippen LogP contribution is -2.33. The Hall–Kier alpha value is -0.810. The molecule has 7 heteroatoms. The van der Waals surface area contributed by atoms with Gasteiger partial charge < -0.3 is 9.84 Å². The molecule has 0 spiro atoms. The smallest absolute Gasteiger partial charge is 0.229 e. The molecule has 0 radical (unpaired) electrons. The Morgan fingerprint density at radius 2 is 2.25 bits per heavy atom. The summed E-state index contributed by atoms with van der Waals surface area (Å²) in [6, 6.07) is 0. The number of rotatable bonds is 3. The lowest BCUT2D eigenvalue weighted by Gasteiger charge is -2.10. The highest BCUT2D eigenvalue weighted by molar-refractivity contribution is 6.53. The standard InChI is InChI=1S/C9H11Cl2N3O2/c1-5-13-6(14-16-5)3-12-7(15)8(2)4-9(8,10)11/h3-4H2,1-2H3,(H,12,15). The Kier molecular flexibility index (Phi) is 2.62. The van der Waals surface area contributed by atoms with E-state index in [0.29, 0.717) is 18.1 Å². The van der Waals surface area contributed by atoms with E-state index in [2.05, 4.69) is 15.5 Å². The molecule has 1 aliphatic carbocycles. The summed E-state index contributed by atoms with van der Waals surface area (Å²) in [5.41, 5.74) is -0.713. The topological polar surface area (TPSA) is 68.0 Å². The van der Waals surface area contributed by atoms with E-state index in [0.717, 1.165) is 0 Å². The summed E-state index contributed by atoms with van der Waals surface area (Å²) in [6.45, 7) is 3.63. The monoisotopic (exact) mass is 263 g/mol. The van der Waals surface area contributed by atoms with Gasteiger partial charge >= 0.3 is 0 Å². The molecule has 1 unspecified atom stereocenters. The lowest BCUT2D eigenvalue weighted by molar-refractivity contribution is -0.126. The summed E-state index contributed by atoms with van der Waals surface area (Å²) in [5, 5.41) is 6.34. The van der Waals surface area contributed by atoms with Crippen LogP contribution >= 0.6 is 23.2 Å². The van der Waals surface area contributed by atoms with Gasteiger partial charge in [-0.15, -0.1) is 23.2 Å². The molecule has 5 nitrogen and oxygen atoms in total. The molecule has 1 saturated carbocycles. The fourth-order valence-electron chi connectivity index (χ4n) is 1.41. The van der Waals surface area contributed by atoms with Crippen LogP contribution < -0.4 is 5.32 Å². The van der Waals surface area contributed by atoms with Crippen molar-refractivity contribution < 1.29 is 9.32 Å². The molecule has 1 aromatic heterocycles. The molecule has 1 fully saturated rings. The zero-order chi connectivity index (χ0) is 12.0. The second-order valence-corrected chi connectivity index (χ2v) is 5.61. The summed E-state index contributed by atoms with van der Waals surface area (Å²) in [4.78, 5) is 15.7. The minimum absolute atomic E-state index is 0.194. The summed E-state index contributed by atoms with van der Waals surface area (Å²) < 4.78 is 3.82. The minimum Gasteiger partial charge on any atom is -0.348 e. The van der Waals surface area contributed by atoms with Crippen LogP contribution in [-0.4, -0.2) is 20.4 Å². The van der Waals surface area contributed by atoms with Crippen LogP contribution in [0, 0.1) is 12.3 Å². The van der Waals surface area contributed by atoms with Crippen molar-refractivity contribution in [3.05, 3.63) is 11.7 Å². The van der Waals surface area contributed by atoms with E-state index in [1.54, 1.807) is 13.8 Å². The summed E-state index contributed by atoms with van der Waals surface area (Å²) in [5.74, 6) is 0.704. The molecule has 0 bridgehead atoms.